The molecular formula is C13H17N3. The summed E-state index contributed by atoms with van der Waals surface area (Å²) in [6.45, 7) is 1.95. The summed E-state index contributed by atoms with van der Waals surface area (Å²) in [5.74, 6) is 0. The highest BCUT2D eigenvalue weighted by molar-refractivity contribution is 5.45. The van der Waals surface area contributed by atoms with Gasteiger partial charge in [-0.2, -0.15) is 5.26 Å². The summed E-state index contributed by atoms with van der Waals surface area (Å²) in [5, 5.41) is 9.46. The predicted molar refractivity (Wildman–Crippen MR) is 64.9 cm³/mol. The Bertz CT molecular complexity index is 411. The van der Waals surface area contributed by atoms with Crippen molar-refractivity contribution in [3.8, 4) is 6.07 Å². The van der Waals surface area contributed by atoms with Gasteiger partial charge in [-0.3, -0.25) is 0 Å². The number of anilines is 1. The van der Waals surface area contributed by atoms with Gasteiger partial charge in [0.2, 0.25) is 0 Å². The first-order chi connectivity index (χ1) is 7.66. The van der Waals surface area contributed by atoms with Crippen molar-refractivity contribution in [3.05, 3.63) is 29.8 Å². The Morgan fingerprint density at radius 3 is 2.62 bits per heavy atom. The maximum atomic E-state index is 9.46. The van der Waals surface area contributed by atoms with Gasteiger partial charge in [-0.05, 0) is 50.7 Å². The van der Waals surface area contributed by atoms with E-state index < -0.39 is 0 Å². The van der Waals surface area contributed by atoms with E-state index in [0.717, 1.165) is 37.2 Å². The highest BCUT2D eigenvalue weighted by Gasteiger charge is 2.35. The fourth-order valence-corrected chi connectivity index (χ4v) is 2.30. The van der Waals surface area contributed by atoms with Crippen LogP contribution in [0.3, 0.4) is 0 Å². The SMILES string of the molecule is CN1CCC(C#N)(c2cccc(N)c2)CC1. The smallest absolute Gasteiger partial charge is 0.0847 e. The molecule has 0 aromatic heterocycles. The van der Waals surface area contributed by atoms with Gasteiger partial charge in [-0.25, -0.2) is 0 Å². The third kappa shape index (κ3) is 1.89. The van der Waals surface area contributed by atoms with Crippen LogP contribution in [0.2, 0.25) is 0 Å². The molecule has 0 bridgehead atoms. The second kappa shape index (κ2) is 4.15. The van der Waals surface area contributed by atoms with Crippen molar-refractivity contribution in [3.63, 3.8) is 0 Å². The molecule has 2 N–H and O–H groups in total. The molecule has 1 saturated heterocycles. The first kappa shape index (κ1) is 11.0. The van der Waals surface area contributed by atoms with E-state index >= 15 is 0 Å². The van der Waals surface area contributed by atoms with Crippen molar-refractivity contribution < 1.29 is 0 Å². The number of nitrogens with two attached hydrogens (primary N) is 1. The highest BCUT2D eigenvalue weighted by atomic mass is 15.1. The molecule has 0 unspecified atom stereocenters. The van der Waals surface area contributed by atoms with Crippen molar-refractivity contribution in [2.24, 2.45) is 0 Å². The molecule has 0 spiro atoms. The average molecular weight is 215 g/mol. The van der Waals surface area contributed by atoms with Gasteiger partial charge in [-0.15, -0.1) is 0 Å². The molecule has 1 aromatic carbocycles. The quantitative estimate of drug-likeness (QED) is 0.726. The number of nitrogen functional groups attached to an aromatic ring is 1. The van der Waals surface area contributed by atoms with Crippen LogP contribution in [-0.4, -0.2) is 25.0 Å². The molecular weight excluding hydrogens is 198 g/mol. The number of hydrogen-bond acceptors (Lipinski definition) is 3. The minimum atomic E-state index is -0.331. The normalized spacial score (nSPS) is 20.2. The molecule has 0 radical (unpaired) electrons. The van der Waals surface area contributed by atoms with Gasteiger partial charge >= 0.3 is 0 Å². The Balaban J connectivity index is 2.32. The Hall–Kier alpha value is -1.53. The summed E-state index contributed by atoms with van der Waals surface area (Å²) in [6, 6.07) is 10.3. The lowest BCUT2D eigenvalue weighted by molar-refractivity contribution is 0.222. The third-order valence-electron chi connectivity index (χ3n) is 3.49. The highest BCUT2D eigenvalue weighted by Crippen LogP contribution is 2.35. The molecule has 1 fully saturated rings. The number of rotatable bonds is 1. The first-order valence-electron chi connectivity index (χ1n) is 5.62. The molecule has 84 valence electrons. The van der Waals surface area contributed by atoms with E-state index in [4.69, 9.17) is 5.73 Å². The van der Waals surface area contributed by atoms with Crippen LogP contribution in [0.5, 0.6) is 0 Å². The Kier molecular flexibility index (Phi) is 2.84. The molecule has 2 rings (SSSR count). The largest absolute Gasteiger partial charge is 0.399 e. The fraction of sp³-hybridized carbons (Fsp3) is 0.462. The van der Waals surface area contributed by atoms with Gasteiger partial charge in [0.1, 0.15) is 0 Å². The third-order valence-corrected chi connectivity index (χ3v) is 3.49. The number of nitriles is 1. The fourth-order valence-electron chi connectivity index (χ4n) is 2.30. The van der Waals surface area contributed by atoms with E-state index in [1.165, 1.54) is 0 Å². The Morgan fingerprint density at radius 2 is 2.06 bits per heavy atom. The molecule has 0 amide bonds. The molecule has 1 aliphatic rings. The zero-order chi connectivity index (χ0) is 11.6. The van der Waals surface area contributed by atoms with Crippen LogP contribution in [0, 0.1) is 11.3 Å². The van der Waals surface area contributed by atoms with Crippen molar-refractivity contribution in [1.82, 2.24) is 4.90 Å². The van der Waals surface area contributed by atoms with E-state index in [-0.39, 0.29) is 5.41 Å². The summed E-state index contributed by atoms with van der Waals surface area (Å²) < 4.78 is 0. The zero-order valence-electron chi connectivity index (χ0n) is 9.61. The Labute approximate surface area is 96.5 Å². The van der Waals surface area contributed by atoms with Gasteiger partial charge in [0, 0.05) is 5.69 Å². The van der Waals surface area contributed by atoms with Crippen LogP contribution in [-0.2, 0) is 5.41 Å². The second-order valence-corrected chi connectivity index (χ2v) is 4.62. The lowest BCUT2D eigenvalue weighted by Crippen LogP contribution is -2.39. The van der Waals surface area contributed by atoms with Gasteiger partial charge in [0.15, 0.2) is 0 Å². The van der Waals surface area contributed by atoms with E-state index in [1.54, 1.807) is 0 Å². The molecule has 0 saturated carbocycles. The number of benzene rings is 1. The van der Waals surface area contributed by atoms with E-state index in [2.05, 4.69) is 18.0 Å². The van der Waals surface area contributed by atoms with Gasteiger partial charge in [0.25, 0.3) is 0 Å². The molecule has 16 heavy (non-hydrogen) atoms. The molecule has 1 aromatic rings. The van der Waals surface area contributed by atoms with Crippen LogP contribution < -0.4 is 5.73 Å². The number of piperidine rings is 1. The summed E-state index contributed by atoms with van der Waals surface area (Å²) in [4.78, 5) is 2.27. The molecule has 1 aliphatic heterocycles. The van der Waals surface area contributed by atoms with Gasteiger partial charge < -0.3 is 10.6 Å². The van der Waals surface area contributed by atoms with Crippen LogP contribution in [0.1, 0.15) is 18.4 Å². The molecule has 3 nitrogen and oxygen atoms in total. The molecule has 0 aliphatic carbocycles. The van der Waals surface area contributed by atoms with Gasteiger partial charge in [-0.1, -0.05) is 12.1 Å². The summed E-state index contributed by atoms with van der Waals surface area (Å²) in [5.41, 5.74) is 7.27. The minimum absolute atomic E-state index is 0.331. The van der Waals surface area contributed by atoms with Crippen LogP contribution in [0.25, 0.3) is 0 Å². The minimum Gasteiger partial charge on any atom is -0.399 e. The first-order valence-corrected chi connectivity index (χ1v) is 5.62. The maximum absolute atomic E-state index is 9.46. The number of hydrogen-bond donors (Lipinski definition) is 1. The van der Waals surface area contributed by atoms with Crippen molar-refractivity contribution in [1.29, 1.82) is 5.26 Å². The summed E-state index contributed by atoms with van der Waals surface area (Å²) >= 11 is 0. The second-order valence-electron chi connectivity index (χ2n) is 4.62. The van der Waals surface area contributed by atoms with Crippen LogP contribution in [0.15, 0.2) is 24.3 Å². The van der Waals surface area contributed by atoms with Crippen molar-refractivity contribution in [2.75, 3.05) is 25.9 Å². The lowest BCUT2D eigenvalue weighted by atomic mass is 9.74. The molecule has 0 atom stereocenters. The summed E-state index contributed by atoms with van der Waals surface area (Å²) in [6.07, 6.45) is 1.78. The lowest BCUT2D eigenvalue weighted by Gasteiger charge is -2.35. The van der Waals surface area contributed by atoms with Crippen molar-refractivity contribution >= 4 is 5.69 Å². The van der Waals surface area contributed by atoms with Gasteiger partial charge in [0.05, 0.1) is 11.5 Å². The summed E-state index contributed by atoms with van der Waals surface area (Å²) in [7, 11) is 2.10. The zero-order valence-corrected chi connectivity index (χ0v) is 9.61. The monoisotopic (exact) mass is 215 g/mol. The van der Waals surface area contributed by atoms with E-state index in [1.807, 2.05) is 24.3 Å². The van der Waals surface area contributed by atoms with E-state index in [0.29, 0.717) is 0 Å². The Morgan fingerprint density at radius 1 is 1.38 bits per heavy atom. The van der Waals surface area contributed by atoms with Crippen LogP contribution in [0.4, 0.5) is 5.69 Å². The number of likely N-dealkylation sites (tertiary alicyclic amines) is 1. The average Bonchev–Trinajstić information content (AvgIpc) is 2.31. The maximum Gasteiger partial charge on any atom is 0.0847 e. The standard InChI is InChI=1S/C13H17N3/c1-16-7-5-13(10-14,6-8-16)11-3-2-4-12(15)9-11/h2-4,9H,5-8,15H2,1H3. The van der Waals surface area contributed by atoms with Crippen LogP contribution >= 0.6 is 0 Å². The number of nitrogens with zero attached hydrogens (tertiary/aromatic N) is 2. The predicted octanol–water partition coefficient (Wildman–Crippen LogP) is 1.76. The molecule has 3 heteroatoms. The molecule has 1 heterocycles. The van der Waals surface area contributed by atoms with Crippen molar-refractivity contribution in [2.45, 2.75) is 18.3 Å². The topological polar surface area (TPSA) is 53.0 Å². The van der Waals surface area contributed by atoms with E-state index in [9.17, 15) is 5.26 Å².